The van der Waals surface area contributed by atoms with E-state index in [1.54, 1.807) is 0 Å². The van der Waals surface area contributed by atoms with Crippen LogP contribution in [0.1, 0.15) is 44.9 Å². The minimum absolute atomic E-state index is 0.00210. The molecule has 1 aromatic carbocycles. The molecule has 100 valence electrons. The Balaban J connectivity index is 2.53. The number of rotatable bonds is 4. The van der Waals surface area contributed by atoms with Crippen LogP contribution in [-0.2, 0) is 9.53 Å². The Labute approximate surface area is 110 Å². The number of nitrogens with one attached hydrogen (secondary N) is 1. The summed E-state index contributed by atoms with van der Waals surface area (Å²) in [5, 5.41) is 2.95. The Morgan fingerprint density at radius 2 is 1.94 bits per heavy atom. The van der Waals surface area contributed by atoms with Crippen LogP contribution in [0.15, 0.2) is 24.3 Å². The van der Waals surface area contributed by atoms with Crippen LogP contribution < -0.4 is 5.32 Å². The molecule has 0 fully saturated rings. The van der Waals surface area contributed by atoms with Crippen molar-refractivity contribution in [1.29, 1.82) is 0 Å². The van der Waals surface area contributed by atoms with Crippen LogP contribution in [-0.4, -0.2) is 18.1 Å². The lowest BCUT2D eigenvalue weighted by molar-refractivity contribution is -0.131. The second kappa shape index (κ2) is 6.01. The van der Waals surface area contributed by atoms with Crippen LogP contribution in [0.5, 0.6) is 0 Å². The van der Waals surface area contributed by atoms with Crippen molar-refractivity contribution in [3.63, 3.8) is 0 Å². The van der Waals surface area contributed by atoms with Crippen molar-refractivity contribution >= 4 is 5.91 Å². The first kappa shape index (κ1) is 14.7. The Kier molecular flexibility index (Phi) is 4.91. The van der Waals surface area contributed by atoms with Crippen LogP contribution in [0.3, 0.4) is 0 Å². The largest absolute Gasteiger partial charge is 0.366 e. The molecule has 18 heavy (non-hydrogen) atoms. The van der Waals surface area contributed by atoms with Gasteiger partial charge in [-0.05, 0) is 45.7 Å². The average molecular weight is 249 g/mol. The van der Waals surface area contributed by atoms with Crippen molar-refractivity contribution in [2.75, 3.05) is 6.61 Å². The predicted octanol–water partition coefficient (Wildman–Crippen LogP) is 2.99. The molecule has 0 bridgehead atoms. The van der Waals surface area contributed by atoms with Gasteiger partial charge in [-0.15, -0.1) is 0 Å². The normalized spacial score (nSPS) is 13.2. The molecular weight excluding hydrogens is 226 g/mol. The van der Waals surface area contributed by atoms with Gasteiger partial charge in [0.25, 0.3) is 0 Å². The molecule has 1 aromatic rings. The second-order valence-electron chi connectivity index (χ2n) is 5.55. The van der Waals surface area contributed by atoms with Gasteiger partial charge in [-0.25, -0.2) is 0 Å². The lowest BCUT2D eigenvalue weighted by Gasteiger charge is -2.21. The zero-order valence-electron chi connectivity index (χ0n) is 11.9. The summed E-state index contributed by atoms with van der Waals surface area (Å²) in [6.45, 7) is 9.93. The highest BCUT2D eigenvalue weighted by Crippen LogP contribution is 2.16. The first-order chi connectivity index (χ1) is 8.29. The molecule has 3 nitrogen and oxygen atoms in total. The number of benzene rings is 1. The molecule has 1 N–H and O–H groups in total. The van der Waals surface area contributed by atoms with E-state index in [2.05, 4.69) is 5.32 Å². The number of amides is 1. The molecule has 0 aliphatic rings. The Hall–Kier alpha value is -1.35. The van der Waals surface area contributed by atoms with E-state index < -0.39 is 0 Å². The van der Waals surface area contributed by atoms with Gasteiger partial charge in [0.2, 0.25) is 5.91 Å². The van der Waals surface area contributed by atoms with E-state index in [1.807, 2.05) is 58.9 Å². The number of carbonyl (C=O) groups is 1. The summed E-state index contributed by atoms with van der Waals surface area (Å²) in [5.74, 6) is -0.0827. The molecule has 0 aliphatic heterocycles. The van der Waals surface area contributed by atoms with Gasteiger partial charge in [0.1, 0.15) is 6.61 Å². The zero-order valence-corrected chi connectivity index (χ0v) is 11.9. The van der Waals surface area contributed by atoms with Crippen LogP contribution in [0.4, 0.5) is 0 Å². The van der Waals surface area contributed by atoms with Gasteiger partial charge in [0, 0.05) is 0 Å². The highest BCUT2D eigenvalue weighted by atomic mass is 16.5. The Morgan fingerprint density at radius 1 is 1.33 bits per heavy atom. The van der Waals surface area contributed by atoms with E-state index in [4.69, 9.17) is 4.74 Å². The summed E-state index contributed by atoms with van der Waals surface area (Å²) >= 11 is 0. The van der Waals surface area contributed by atoms with Gasteiger partial charge in [0.15, 0.2) is 0 Å². The fourth-order valence-corrected chi connectivity index (χ4v) is 1.72. The van der Waals surface area contributed by atoms with E-state index in [-0.39, 0.29) is 24.2 Å². The standard InChI is InChI=1S/C15H23NO2/c1-11-8-6-7-9-13(11)12(2)16-14(17)10-18-15(3,4)5/h6-9,12H,10H2,1-5H3,(H,16,17)/t12-/m0/s1. The quantitative estimate of drug-likeness (QED) is 0.891. The maximum absolute atomic E-state index is 11.7. The van der Waals surface area contributed by atoms with Crippen molar-refractivity contribution in [2.24, 2.45) is 0 Å². The maximum atomic E-state index is 11.7. The molecule has 0 unspecified atom stereocenters. The summed E-state index contributed by atoms with van der Waals surface area (Å²) in [5.41, 5.74) is 2.03. The van der Waals surface area contributed by atoms with Gasteiger partial charge < -0.3 is 10.1 Å². The van der Waals surface area contributed by atoms with Gasteiger partial charge in [-0.2, -0.15) is 0 Å². The third-order valence-electron chi connectivity index (χ3n) is 2.67. The summed E-state index contributed by atoms with van der Waals surface area (Å²) in [7, 11) is 0. The molecule has 0 aromatic heterocycles. The third kappa shape index (κ3) is 4.88. The molecule has 0 saturated heterocycles. The van der Waals surface area contributed by atoms with Gasteiger partial charge in [-0.1, -0.05) is 24.3 Å². The van der Waals surface area contributed by atoms with Crippen LogP contribution >= 0.6 is 0 Å². The highest BCUT2D eigenvalue weighted by Gasteiger charge is 2.15. The minimum Gasteiger partial charge on any atom is -0.366 e. The topological polar surface area (TPSA) is 38.3 Å². The van der Waals surface area contributed by atoms with Crippen molar-refractivity contribution in [2.45, 2.75) is 46.3 Å². The van der Waals surface area contributed by atoms with Crippen LogP contribution in [0.25, 0.3) is 0 Å². The van der Waals surface area contributed by atoms with E-state index >= 15 is 0 Å². The summed E-state index contributed by atoms with van der Waals surface area (Å²) in [6.07, 6.45) is 0. The monoisotopic (exact) mass is 249 g/mol. The number of carbonyl (C=O) groups excluding carboxylic acids is 1. The highest BCUT2D eigenvalue weighted by molar-refractivity contribution is 5.77. The number of ether oxygens (including phenoxy) is 1. The average Bonchev–Trinajstić information content (AvgIpc) is 2.26. The number of hydrogen-bond donors (Lipinski definition) is 1. The molecular formula is C15H23NO2. The smallest absolute Gasteiger partial charge is 0.246 e. The van der Waals surface area contributed by atoms with E-state index in [0.29, 0.717) is 0 Å². The van der Waals surface area contributed by atoms with Gasteiger partial charge in [0.05, 0.1) is 11.6 Å². The van der Waals surface area contributed by atoms with Gasteiger partial charge in [-0.3, -0.25) is 4.79 Å². The molecule has 0 aliphatic carbocycles. The fraction of sp³-hybridized carbons (Fsp3) is 0.533. The van der Waals surface area contributed by atoms with Gasteiger partial charge >= 0.3 is 0 Å². The molecule has 0 heterocycles. The molecule has 0 saturated carbocycles. The minimum atomic E-state index is -0.288. The zero-order chi connectivity index (χ0) is 13.8. The molecule has 0 radical (unpaired) electrons. The molecule has 1 atom stereocenters. The van der Waals surface area contributed by atoms with E-state index in [0.717, 1.165) is 5.56 Å². The molecule has 1 amide bonds. The number of hydrogen-bond acceptors (Lipinski definition) is 2. The summed E-state index contributed by atoms with van der Waals surface area (Å²) in [4.78, 5) is 11.7. The maximum Gasteiger partial charge on any atom is 0.246 e. The van der Waals surface area contributed by atoms with Crippen LogP contribution in [0.2, 0.25) is 0 Å². The second-order valence-corrected chi connectivity index (χ2v) is 5.55. The Bertz CT molecular complexity index is 407. The van der Waals surface area contributed by atoms with E-state index in [9.17, 15) is 4.79 Å². The van der Waals surface area contributed by atoms with Crippen molar-refractivity contribution in [1.82, 2.24) is 5.32 Å². The summed E-state index contributed by atoms with van der Waals surface area (Å²) < 4.78 is 5.45. The SMILES string of the molecule is Cc1ccccc1[C@H](C)NC(=O)COC(C)(C)C. The summed E-state index contributed by atoms with van der Waals surface area (Å²) in [6, 6.07) is 8.06. The first-order valence-electron chi connectivity index (χ1n) is 6.28. The van der Waals surface area contributed by atoms with Crippen molar-refractivity contribution in [3.05, 3.63) is 35.4 Å². The molecule has 1 rings (SSSR count). The fourth-order valence-electron chi connectivity index (χ4n) is 1.72. The predicted molar refractivity (Wildman–Crippen MR) is 73.4 cm³/mol. The lowest BCUT2D eigenvalue weighted by Crippen LogP contribution is -2.33. The third-order valence-corrected chi connectivity index (χ3v) is 2.67. The number of aryl methyl sites for hydroxylation is 1. The van der Waals surface area contributed by atoms with E-state index in [1.165, 1.54) is 5.56 Å². The Morgan fingerprint density at radius 3 is 2.50 bits per heavy atom. The van der Waals surface area contributed by atoms with Crippen molar-refractivity contribution < 1.29 is 9.53 Å². The molecule has 0 spiro atoms. The van der Waals surface area contributed by atoms with Crippen LogP contribution in [0, 0.1) is 6.92 Å². The first-order valence-corrected chi connectivity index (χ1v) is 6.28. The lowest BCUT2D eigenvalue weighted by atomic mass is 10.0. The molecule has 3 heteroatoms. The van der Waals surface area contributed by atoms with Crippen molar-refractivity contribution in [3.8, 4) is 0 Å².